The third-order valence-corrected chi connectivity index (χ3v) is 5.64. The summed E-state index contributed by atoms with van der Waals surface area (Å²) in [5.41, 5.74) is 8.05. The summed E-state index contributed by atoms with van der Waals surface area (Å²) in [6, 6.07) is 6.10. The lowest BCUT2D eigenvalue weighted by atomic mass is 9.66. The maximum atomic E-state index is 10.8. The Morgan fingerprint density at radius 3 is 2.58 bits per heavy atom. The van der Waals surface area contributed by atoms with Crippen LogP contribution in [0.1, 0.15) is 49.8 Å². The Kier molecular flexibility index (Phi) is 4.70. The first kappa shape index (κ1) is 15.0. The first-order chi connectivity index (χ1) is 8.98. The zero-order valence-corrected chi connectivity index (χ0v) is 13.4. The first-order valence-corrected chi connectivity index (χ1v) is 7.92. The largest absolute Gasteiger partial charge is 0.388 e. The molecule has 3 N–H and O–H groups in total. The second kappa shape index (κ2) is 5.94. The van der Waals surface area contributed by atoms with Crippen LogP contribution in [0.3, 0.4) is 0 Å². The molecule has 2 nitrogen and oxygen atoms in total. The molecule has 1 fully saturated rings. The van der Waals surface area contributed by atoms with E-state index in [1.807, 2.05) is 12.1 Å². The zero-order chi connectivity index (χ0) is 14.0. The number of halogens is 1. The van der Waals surface area contributed by atoms with Crippen LogP contribution >= 0.6 is 15.9 Å². The van der Waals surface area contributed by atoms with Gasteiger partial charge >= 0.3 is 0 Å². The summed E-state index contributed by atoms with van der Waals surface area (Å²) in [7, 11) is 0. The number of benzene rings is 1. The Bertz CT molecular complexity index is 438. The molecular formula is C16H24BrNO. The molecule has 1 aromatic rings. The lowest BCUT2D eigenvalue weighted by molar-refractivity contribution is -0.00822. The molecule has 1 aromatic carbocycles. The molecule has 0 radical (unpaired) electrons. The fourth-order valence-corrected chi connectivity index (χ4v) is 3.36. The highest BCUT2D eigenvalue weighted by Crippen LogP contribution is 2.47. The molecule has 0 bridgehead atoms. The average Bonchev–Trinajstić information content (AvgIpc) is 2.42. The predicted octanol–water partition coefficient (Wildman–Crippen LogP) is 3.95. The smallest absolute Gasteiger partial charge is 0.0858 e. The van der Waals surface area contributed by atoms with Gasteiger partial charge in [-0.25, -0.2) is 0 Å². The third-order valence-electron chi connectivity index (χ3n) is 4.75. The molecule has 3 heteroatoms. The van der Waals surface area contributed by atoms with E-state index in [9.17, 15) is 5.11 Å². The zero-order valence-electron chi connectivity index (χ0n) is 11.8. The van der Waals surface area contributed by atoms with Crippen LogP contribution in [0.4, 0.5) is 0 Å². The van der Waals surface area contributed by atoms with Crippen molar-refractivity contribution in [3.8, 4) is 0 Å². The first-order valence-electron chi connectivity index (χ1n) is 7.13. The Hall–Kier alpha value is -0.380. The molecule has 0 heterocycles. The van der Waals surface area contributed by atoms with E-state index in [4.69, 9.17) is 5.73 Å². The number of aliphatic hydroxyl groups excluding tert-OH is 1. The summed E-state index contributed by atoms with van der Waals surface area (Å²) in [6.07, 6.45) is 3.95. The van der Waals surface area contributed by atoms with Crippen molar-refractivity contribution in [3.05, 3.63) is 33.8 Å². The summed E-state index contributed by atoms with van der Waals surface area (Å²) in [4.78, 5) is 0. The molecule has 0 saturated heterocycles. The van der Waals surface area contributed by atoms with E-state index in [1.165, 1.54) is 12.8 Å². The van der Waals surface area contributed by atoms with Crippen molar-refractivity contribution in [2.75, 3.05) is 6.54 Å². The van der Waals surface area contributed by atoms with E-state index in [0.717, 1.165) is 34.4 Å². The molecule has 0 amide bonds. The maximum Gasteiger partial charge on any atom is 0.0858 e. The summed E-state index contributed by atoms with van der Waals surface area (Å²) < 4.78 is 1.09. The quantitative estimate of drug-likeness (QED) is 0.883. The van der Waals surface area contributed by atoms with Crippen molar-refractivity contribution in [2.45, 2.75) is 45.6 Å². The van der Waals surface area contributed by atoms with Gasteiger partial charge in [-0.15, -0.1) is 0 Å². The third kappa shape index (κ3) is 3.04. The minimum Gasteiger partial charge on any atom is -0.388 e. The molecule has 1 saturated carbocycles. The van der Waals surface area contributed by atoms with Gasteiger partial charge in [-0.1, -0.05) is 47.8 Å². The van der Waals surface area contributed by atoms with E-state index < -0.39 is 6.10 Å². The van der Waals surface area contributed by atoms with Gasteiger partial charge in [0.05, 0.1) is 6.10 Å². The highest BCUT2D eigenvalue weighted by atomic mass is 79.9. The van der Waals surface area contributed by atoms with E-state index in [1.54, 1.807) is 0 Å². The normalized spacial score (nSPS) is 29.2. The van der Waals surface area contributed by atoms with Crippen molar-refractivity contribution in [2.24, 2.45) is 17.1 Å². The van der Waals surface area contributed by atoms with E-state index >= 15 is 0 Å². The van der Waals surface area contributed by atoms with Crippen LogP contribution in [-0.2, 0) is 0 Å². The molecule has 0 aliphatic heterocycles. The number of aryl methyl sites for hydroxylation is 1. The lowest BCUT2D eigenvalue weighted by Crippen LogP contribution is -2.40. The van der Waals surface area contributed by atoms with Gasteiger partial charge in [-0.2, -0.15) is 0 Å². The average molecular weight is 326 g/mol. The molecule has 1 aliphatic rings. The monoisotopic (exact) mass is 325 g/mol. The van der Waals surface area contributed by atoms with E-state index in [0.29, 0.717) is 6.54 Å². The number of hydrogen-bond acceptors (Lipinski definition) is 2. The van der Waals surface area contributed by atoms with Crippen molar-refractivity contribution >= 4 is 15.9 Å². The molecule has 106 valence electrons. The Morgan fingerprint density at radius 2 is 2.05 bits per heavy atom. The standard InChI is InChI=1S/C16H24BrNO/c1-11-5-7-16(10-18,8-6-11)15(19)13-3-4-14(17)12(2)9-13/h3-4,9,11,15,19H,5-8,10,18H2,1-2H3. The molecule has 2 rings (SSSR count). The van der Waals surface area contributed by atoms with Crippen LogP contribution < -0.4 is 5.73 Å². The number of nitrogens with two attached hydrogens (primary N) is 1. The predicted molar refractivity (Wildman–Crippen MR) is 83.0 cm³/mol. The lowest BCUT2D eigenvalue weighted by Gasteiger charge is -2.42. The van der Waals surface area contributed by atoms with Crippen LogP contribution in [0.2, 0.25) is 0 Å². The van der Waals surface area contributed by atoms with Crippen LogP contribution in [0.15, 0.2) is 22.7 Å². The molecule has 0 aromatic heterocycles. The molecular weight excluding hydrogens is 302 g/mol. The molecule has 1 aliphatic carbocycles. The molecule has 0 spiro atoms. The minimum atomic E-state index is -0.447. The highest BCUT2D eigenvalue weighted by molar-refractivity contribution is 9.10. The molecule has 1 atom stereocenters. The minimum absolute atomic E-state index is 0.132. The van der Waals surface area contributed by atoms with Crippen LogP contribution in [-0.4, -0.2) is 11.7 Å². The van der Waals surface area contributed by atoms with Crippen molar-refractivity contribution < 1.29 is 5.11 Å². The fourth-order valence-electron chi connectivity index (χ4n) is 3.12. The number of rotatable bonds is 3. The van der Waals surface area contributed by atoms with Crippen molar-refractivity contribution in [1.29, 1.82) is 0 Å². The van der Waals surface area contributed by atoms with Crippen LogP contribution in [0.25, 0.3) is 0 Å². The van der Waals surface area contributed by atoms with Crippen molar-refractivity contribution in [1.82, 2.24) is 0 Å². The van der Waals surface area contributed by atoms with Crippen LogP contribution in [0, 0.1) is 18.3 Å². The van der Waals surface area contributed by atoms with Gasteiger partial charge in [-0.3, -0.25) is 0 Å². The summed E-state index contributed by atoms with van der Waals surface area (Å²) in [6.45, 7) is 4.91. The van der Waals surface area contributed by atoms with Gasteiger partial charge in [-0.05, 0) is 42.9 Å². The SMILES string of the molecule is Cc1cc(C(O)C2(CN)CCC(C)CC2)ccc1Br. The van der Waals surface area contributed by atoms with Gasteiger partial charge in [0.15, 0.2) is 0 Å². The molecule has 19 heavy (non-hydrogen) atoms. The molecule has 1 unspecified atom stereocenters. The van der Waals surface area contributed by atoms with Gasteiger partial charge in [0, 0.05) is 16.4 Å². The summed E-state index contributed by atoms with van der Waals surface area (Å²) >= 11 is 3.51. The van der Waals surface area contributed by atoms with Gasteiger partial charge in [0.1, 0.15) is 0 Å². The van der Waals surface area contributed by atoms with Crippen molar-refractivity contribution in [3.63, 3.8) is 0 Å². The van der Waals surface area contributed by atoms with Gasteiger partial charge in [0.25, 0.3) is 0 Å². The summed E-state index contributed by atoms with van der Waals surface area (Å²) in [5.74, 6) is 0.763. The van der Waals surface area contributed by atoms with Gasteiger partial charge in [0.2, 0.25) is 0 Å². The Balaban J connectivity index is 2.25. The Labute approximate surface area is 124 Å². The number of hydrogen-bond donors (Lipinski definition) is 2. The van der Waals surface area contributed by atoms with Gasteiger partial charge < -0.3 is 10.8 Å². The maximum absolute atomic E-state index is 10.8. The van der Waals surface area contributed by atoms with E-state index in [-0.39, 0.29) is 5.41 Å². The second-order valence-corrected chi connectivity index (χ2v) is 7.01. The number of aliphatic hydroxyl groups is 1. The second-order valence-electron chi connectivity index (χ2n) is 6.16. The summed E-state index contributed by atoms with van der Waals surface area (Å²) in [5, 5.41) is 10.8. The fraction of sp³-hybridized carbons (Fsp3) is 0.625. The highest BCUT2D eigenvalue weighted by Gasteiger charge is 2.40. The van der Waals surface area contributed by atoms with Crippen LogP contribution in [0.5, 0.6) is 0 Å². The van der Waals surface area contributed by atoms with E-state index in [2.05, 4.69) is 35.8 Å². The topological polar surface area (TPSA) is 46.2 Å². The Morgan fingerprint density at radius 1 is 1.42 bits per heavy atom.